The summed E-state index contributed by atoms with van der Waals surface area (Å²) in [6.07, 6.45) is 3.22. The molecule has 0 radical (unpaired) electrons. The van der Waals surface area contributed by atoms with Gasteiger partial charge in [0.2, 0.25) is 15.9 Å². The van der Waals surface area contributed by atoms with Gasteiger partial charge in [0.25, 0.3) is 0 Å². The zero-order chi connectivity index (χ0) is 19.3. The maximum Gasteiger partial charge on any atom is 0.244 e. The molecule has 1 heterocycles. The summed E-state index contributed by atoms with van der Waals surface area (Å²) in [5.74, 6) is 0.0871. The van der Waals surface area contributed by atoms with Gasteiger partial charge >= 0.3 is 0 Å². The Balaban J connectivity index is 1.75. The van der Waals surface area contributed by atoms with Gasteiger partial charge < -0.3 is 4.90 Å². The number of rotatable bonds is 7. The molecule has 1 aliphatic rings. The van der Waals surface area contributed by atoms with Crippen molar-refractivity contribution in [1.82, 2.24) is 10.2 Å². The summed E-state index contributed by atoms with van der Waals surface area (Å²) in [5, 5.41) is 3.35. The Morgan fingerprint density at radius 3 is 2.44 bits per heavy atom. The first-order valence-corrected chi connectivity index (χ1v) is 11.0. The van der Waals surface area contributed by atoms with E-state index in [1.165, 1.54) is 0 Å². The summed E-state index contributed by atoms with van der Waals surface area (Å²) in [7, 11) is -3.32. The van der Waals surface area contributed by atoms with Crippen LogP contribution in [0.1, 0.15) is 30.0 Å². The average molecular weight is 388 g/mol. The largest absolute Gasteiger partial charge is 0.341 e. The lowest BCUT2D eigenvalue weighted by Gasteiger charge is -2.24. The summed E-state index contributed by atoms with van der Waals surface area (Å²) in [6, 6.07) is 16.5. The van der Waals surface area contributed by atoms with Gasteiger partial charge in [0.1, 0.15) is 6.04 Å². The van der Waals surface area contributed by atoms with Crippen LogP contribution in [0.3, 0.4) is 0 Å². The van der Waals surface area contributed by atoms with E-state index in [0.29, 0.717) is 12.2 Å². The Labute approximate surface area is 160 Å². The summed E-state index contributed by atoms with van der Waals surface area (Å²) < 4.78 is 25.3. The van der Waals surface area contributed by atoms with Gasteiger partial charge in [-0.25, -0.2) is 8.42 Å². The van der Waals surface area contributed by atoms with E-state index >= 15 is 0 Å². The molecule has 1 amide bonds. The molecule has 7 heteroatoms. The van der Waals surface area contributed by atoms with Gasteiger partial charge in [-0.15, -0.1) is 0 Å². The Morgan fingerprint density at radius 2 is 1.78 bits per heavy atom. The van der Waals surface area contributed by atoms with E-state index in [1.807, 2.05) is 41.3 Å². The van der Waals surface area contributed by atoms with E-state index in [9.17, 15) is 13.2 Å². The van der Waals surface area contributed by atoms with Crippen LogP contribution in [0, 0.1) is 0 Å². The number of nitrogens with zero attached hydrogens (tertiary/aromatic N) is 1. The quantitative estimate of drug-likeness (QED) is 0.765. The van der Waals surface area contributed by atoms with Crippen molar-refractivity contribution < 1.29 is 13.2 Å². The monoisotopic (exact) mass is 387 g/mol. The van der Waals surface area contributed by atoms with Gasteiger partial charge in [-0.3, -0.25) is 14.8 Å². The minimum atomic E-state index is -3.32. The number of anilines is 1. The highest BCUT2D eigenvalue weighted by Crippen LogP contribution is 2.20. The molecule has 2 N–H and O–H groups in total. The van der Waals surface area contributed by atoms with Crippen LogP contribution in [0.5, 0.6) is 0 Å². The number of amides is 1. The Bertz CT molecular complexity index is 878. The topological polar surface area (TPSA) is 78.5 Å². The van der Waals surface area contributed by atoms with Crippen molar-refractivity contribution in [2.45, 2.75) is 25.4 Å². The summed E-state index contributed by atoms with van der Waals surface area (Å²) in [5.41, 5.74) is 2.34. The van der Waals surface area contributed by atoms with Crippen LogP contribution in [0.4, 0.5) is 5.69 Å². The Hall–Kier alpha value is -2.38. The molecule has 2 aromatic rings. The molecule has 1 fully saturated rings. The number of benzene rings is 2. The van der Waals surface area contributed by atoms with E-state index in [4.69, 9.17) is 0 Å². The first-order chi connectivity index (χ1) is 12.9. The molecule has 1 aliphatic heterocycles. The first kappa shape index (κ1) is 19.4. The van der Waals surface area contributed by atoms with E-state index in [-0.39, 0.29) is 5.91 Å². The molecule has 1 atom stereocenters. The second-order valence-electron chi connectivity index (χ2n) is 6.83. The average Bonchev–Trinajstić information content (AvgIpc) is 3.16. The molecule has 144 valence electrons. The first-order valence-electron chi connectivity index (χ1n) is 9.06. The normalized spacial score (nSPS) is 15.5. The van der Waals surface area contributed by atoms with Crippen molar-refractivity contribution in [3.05, 3.63) is 65.7 Å². The van der Waals surface area contributed by atoms with Gasteiger partial charge in [0.15, 0.2) is 0 Å². The number of hydrogen-bond donors (Lipinski definition) is 2. The molecule has 0 aromatic heterocycles. The van der Waals surface area contributed by atoms with Crippen molar-refractivity contribution in [2.24, 2.45) is 0 Å². The zero-order valence-electron chi connectivity index (χ0n) is 15.4. The van der Waals surface area contributed by atoms with Crippen LogP contribution in [0.15, 0.2) is 54.6 Å². The van der Waals surface area contributed by atoms with Crippen molar-refractivity contribution >= 4 is 21.6 Å². The fraction of sp³-hybridized carbons (Fsp3) is 0.350. The standard InChI is InChI=1S/C20H25N3O3S/c1-27(25,26)22-18-11-7-8-16(14-18)15-21-19(17-9-3-2-4-10-17)20(24)23-12-5-6-13-23/h2-4,7-11,14,19,21-22H,5-6,12-13,15H2,1H3/t19-/m0/s1. The number of carbonyl (C=O) groups is 1. The zero-order valence-corrected chi connectivity index (χ0v) is 16.2. The molecule has 2 aromatic carbocycles. The van der Waals surface area contributed by atoms with Crippen LogP contribution < -0.4 is 10.0 Å². The highest BCUT2D eigenvalue weighted by Gasteiger charge is 2.27. The fourth-order valence-electron chi connectivity index (χ4n) is 3.29. The molecule has 0 spiro atoms. The van der Waals surface area contributed by atoms with E-state index < -0.39 is 16.1 Å². The fourth-order valence-corrected chi connectivity index (χ4v) is 3.85. The minimum absolute atomic E-state index is 0.0871. The maximum absolute atomic E-state index is 13.0. The van der Waals surface area contributed by atoms with E-state index in [2.05, 4.69) is 10.0 Å². The number of carbonyl (C=O) groups excluding carboxylic acids is 1. The van der Waals surface area contributed by atoms with Gasteiger partial charge in [0, 0.05) is 25.3 Å². The Kier molecular flexibility index (Phi) is 6.13. The molecule has 6 nitrogen and oxygen atoms in total. The van der Waals surface area contributed by atoms with Crippen LogP contribution in [-0.2, 0) is 21.4 Å². The molecular formula is C20H25N3O3S. The Morgan fingerprint density at radius 1 is 1.07 bits per heavy atom. The number of sulfonamides is 1. The van der Waals surface area contributed by atoms with Gasteiger partial charge in [-0.1, -0.05) is 42.5 Å². The third kappa shape index (κ3) is 5.55. The van der Waals surface area contributed by atoms with E-state index in [1.54, 1.807) is 18.2 Å². The van der Waals surface area contributed by atoms with Gasteiger partial charge in [-0.05, 0) is 36.1 Å². The molecule has 0 saturated carbocycles. The van der Waals surface area contributed by atoms with Gasteiger partial charge in [-0.2, -0.15) is 0 Å². The lowest BCUT2D eigenvalue weighted by molar-refractivity contribution is -0.132. The van der Waals surface area contributed by atoms with Crippen LogP contribution in [0.25, 0.3) is 0 Å². The van der Waals surface area contributed by atoms with Crippen LogP contribution in [-0.4, -0.2) is 38.6 Å². The number of nitrogens with one attached hydrogen (secondary N) is 2. The second kappa shape index (κ2) is 8.54. The molecule has 0 unspecified atom stereocenters. The van der Waals surface area contributed by atoms with Crippen molar-refractivity contribution in [3.8, 4) is 0 Å². The highest BCUT2D eigenvalue weighted by molar-refractivity contribution is 7.92. The van der Waals surface area contributed by atoms with Crippen molar-refractivity contribution in [1.29, 1.82) is 0 Å². The predicted molar refractivity (Wildman–Crippen MR) is 107 cm³/mol. The van der Waals surface area contributed by atoms with Crippen LogP contribution in [0.2, 0.25) is 0 Å². The summed E-state index contributed by atoms with van der Waals surface area (Å²) in [6.45, 7) is 2.06. The molecule has 0 aliphatic carbocycles. The molecule has 1 saturated heterocycles. The third-order valence-electron chi connectivity index (χ3n) is 4.54. The van der Waals surface area contributed by atoms with E-state index in [0.717, 1.165) is 43.3 Å². The highest BCUT2D eigenvalue weighted by atomic mass is 32.2. The maximum atomic E-state index is 13.0. The van der Waals surface area contributed by atoms with Crippen LogP contribution >= 0.6 is 0 Å². The predicted octanol–water partition coefficient (Wildman–Crippen LogP) is 2.51. The molecular weight excluding hydrogens is 362 g/mol. The minimum Gasteiger partial charge on any atom is -0.341 e. The second-order valence-corrected chi connectivity index (χ2v) is 8.58. The number of likely N-dealkylation sites (tertiary alicyclic amines) is 1. The molecule has 27 heavy (non-hydrogen) atoms. The SMILES string of the molecule is CS(=O)(=O)Nc1cccc(CN[C@H](C(=O)N2CCCC2)c2ccccc2)c1. The molecule has 3 rings (SSSR count). The van der Waals surface area contributed by atoms with Crippen molar-refractivity contribution in [2.75, 3.05) is 24.1 Å². The summed E-state index contributed by atoms with van der Waals surface area (Å²) in [4.78, 5) is 14.9. The van der Waals surface area contributed by atoms with Crippen molar-refractivity contribution in [3.63, 3.8) is 0 Å². The third-order valence-corrected chi connectivity index (χ3v) is 5.14. The smallest absolute Gasteiger partial charge is 0.244 e. The summed E-state index contributed by atoms with van der Waals surface area (Å²) >= 11 is 0. The lowest BCUT2D eigenvalue weighted by atomic mass is 10.0. The number of hydrogen-bond acceptors (Lipinski definition) is 4. The van der Waals surface area contributed by atoms with Gasteiger partial charge in [0.05, 0.1) is 6.26 Å². The molecule has 0 bridgehead atoms. The lowest BCUT2D eigenvalue weighted by Crippen LogP contribution is -2.39.